The van der Waals surface area contributed by atoms with Crippen LogP contribution in [0.2, 0.25) is 5.15 Å². The first-order valence-electron chi connectivity index (χ1n) is 10.4. The molecule has 4 rings (SSSR count). The van der Waals surface area contributed by atoms with E-state index in [1.165, 1.54) is 12.1 Å². The fourth-order valence-electron chi connectivity index (χ4n) is 4.08. The topological polar surface area (TPSA) is 59.3 Å². The number of hydrogen-bond donors (Lipinski definition) is 1. The molecule has 0 saturated heterocycles. The molecule has 0 atom stereocenters. The van der Waals surface area contributed by atoms with Gasteiger partial charge < -0.3 is 5.32 Å². The molecule has 0 unspecified atom stereocenters. The van der Waals surface area contributed by atoms with Gasteiger partial charge >= 0.3 is 6.18 Å². The first kappa shape index (κ1) is 23.4. The van der Waals surface area contributed by atoms with E-state index in [1.54, 1.807) is 24.4 Å². The lowest BCUT2D eigenvalue weighted by Gasteiger charge is -2.28. The van der Waals surface area contributed by atoms with E-state index < -0.39 is 23.7 Å². The number of carbonyl (C=O) groups is 1. The number of fused-ring (bicyclic) bond motifs is 1. The lowest BCUT2D eigenvalue weighted by atomic mass is 9.83. The number of aromatic nitrogens is 3. The number of hydrogen-bond acceptors (Lipinski definition) is 3. The molecule has 176 valence electrons. The summed E-state index contributed by atoms with van der Waals surface area (Å²) in [7, 11) is 0. The minimum absolute atomic E-state index is 0.0472. The third-order valence-corrected chi connectivity index (χ3v) is 6.06. The predicted octanol–water partition coefficient (Wildman–Crippen LogP) is 5.70. The quantitative estimate of drug-likeness (QED) is 0.372. The Morgan fingerprint density at radius 2 is 1.94 bits per heavy atom. The Morgan fingerprint density at radius 1 is 1.21 bits per heavy atom. The highest BCUT2D eigenvalue weighted by atomic mass is 35.5. The number of nitrogens with one attached hydrogen (secondary N) is 1. The highest BCUT2D eigenvalue weighted by Crippen LogP contribution is 2.40. The maximum atomic E-state index is 13.7. The van der Waals surface area contributed by atoms with Crippen molar-refractivity contribution in [3.63, 3.8) is 0 Å². The third-order valence-electron chi connectivity index (χ3n) is 5.78. The number of alkyl halides is 5. The van der Waals surface area contributed by atoms with Gasteiger partial charge in [-0.1, -0.05) is 17.7 Å². The van der Waals surface area contributed by atoms with Gasteiger partial charge in [0.05, 0.1) is 17.9 Å². The van der Waals surface area contributed by atoms with Crippen molar-refractivity contribution in [1.29, 1.82) is 0 Å². The summed E-state index contributed by atoms with van der Waals surface area (Å²) in [5.74, 6) is -3.67. The van der Waals surface area contributed by atoms with Crippen LogP contribution in [0.5, 0.6) is 0 Å². The molecule has 0 aliphatic heterocycles. The molecule has 1 N–H and O–H groups in total. The number of halogens is 6. The van der Waals surface area contributed by atoms with E-state index in [4.69, 9.17) is 11.6 Å². The van der Waals surface area contributed by atoms with Crippen LogP contribution in [0.1, 0.15) is 53.1 Å². The van der Waals surface area contributed by atoms with E-state index in [9.17, 15) is 26.7 Å². The summed E-state index contributed by atoms with van der Waals surface area (Å²) in [4.78, 5) is 20.4. The van der Waals surface area contributed by atoms with E-state index in [2.05, 4.69) is 15.3 Å². The number of amides is 1. The van der Waals surface area contributed by atoms with Crippen LogP contribution in [-0.2, 0) is 19.1 Å². The zero-order valence-electron chi connectivity index (χ0n) is 17.3. The minimum Gasteiger partial charge on any atom is -0.346 e. The van der Waals surface area contributed by atoms with Gasteiger partial charge in [-0.15, -0.1) is 0 Å². The van der Waals surface area contributed by atoms with Crippen molar-refractivity contribution in [3.05, 3.63) is 64.3 Å². The summed E-state index contributed by atoms with van der Waals surface area (Å²) in [6, 6.07) is 7.70. The van der Waals surface area contributed by atoms with Gasteiger partial charge in [-0.2, -0.15) is 13.2 Å². The SMILES string of the molecule is O=C(NCc1ccccn1)c1cc(Cl)n2c(CC3CCC(F)(F)CC3)c(C(F)(F)F)nc2c1. The maximum Gasteiger partial charge on any atom is 0.435 e. The molecule has 1 fully saturated rings. The fraction of sp³-hybridized carbons (Fsp3) is 0.409. The molecule has 0 bridgehead atoms. The van der Waals surface area contributed by atoms with Crippen LogP contribution >= 0.6 is 11.6 Å². The van der Waals surface area contributed by atoms with Crippen LogP contribution in [-0.4, -0.2) is 26.2 Å². The van der Waals surface area contributed by atoms with Gasteiger partial charge in [-0.3, -0.25) is 14.2 Å². The summed E-state index contributed by atoms with van der Waals surface area (Å²) in [5.41, 5.74) is -0.774. The van der Waals surface area contributed by atoms with Crippen molar-refractivity contribution in [2.45, 2.75) is 50.7 Å². The molecule has 0 spiro atoms. The predicted molar refractivity (Wildman–Crippen MR) is 111 cm³/mol. The summed E-state index contributed by atoms with van der Waals surface area (Å²) >= 11 is 6.30. The van der Waals surface area contributed by atoms with Gasteiger partial charge in [0.15, 0.2) is 5.69 Å². The number of rotatable bonds is 5. The lowest BCUT2D eigenvalue weighted by Crippen LogP contribution is -2.26. The second kappa shape index (κ2) is 8.89. The first-order chi connectivity index (χ1) is 15.5. The van der Waals surface area contributed by atoms with Gasteiger partial charge in [0.2, 0.25) is 5.92 Å². The van der Waals surface area contributed by atoms with Crippen molar-refractivity contribution in [2.75, 3.05) is 0 Å². The van der Waals surface area contributed by atoms with Crippen LogP contribution in [0.25, 0.3) is 5.65 Å². The number of imidazole rings is 1. The molecule has 3 aromatic heterocycles. The second-order valence-electron chi connectivity index (χ2n) is 8.17. The molecular formula is C22H20ClF5N4O. The smallest absolute Gasteiger partial charge is 0.346 e. The highest BCUT2D eigenvalue weighted by molar-refractivity contribution is 6.30. The molecule has 0 radical (unpaired) electrons. The van der Waals surface area contributed by atoms with E-state index in [1.807, 2.05) is 0 Å². The second-order valence-corrected chi connectivity index (χ2v) is 8.56. The van der Waals surface area contributed by atoms with Crippen LogP contribution < -0.4 is 5.32 Å². The van der Waals surface area contributed by atoms with Crippen molar-refractivity contribution >= 4 is 23.2 Å². The first-order valence-corrected chi connectivity index (χ1v) is 10.8. The molecule has 1 saturated carbocycles. The van der Waals surface area contributed by atoms with Crippen LogP contribution in [0.4, 0.5) is 22.0 Å². The minimum atomic E-state index is -4.76. The van der Waals surface area contributed by atoms with Crippen LogP contribution in [0, 0.1) is 5.92 Å². The van der Waals surface area contributed by atoms with Gasteiger partial charge in [-0.05, 0) is 49.4 Å². The Bertz CT molecular complexity index is 1150. The Kier molecular flexibility index (Phi) is 6.30. The van der Waals surface area contributed by atoms with Gasteiger partial charge in [-0.25, -0.2) is 13.8 Å². The molecule has 3 heterocycles. The average Bonchev–Trinajstić information content (AvgIpc) is 3.13. The van der Waals surface area contributed by atoms with Crippen molar-refractivity contribution in [3.8, 4) is 0 Å². The Morgan fingerprint density at radius 3 is 2.58 bits per heavy atom. The number of pyridine rings is 2. The summed E-state index contributed by atoms with van der Waals surface area (Å²) in [5, 5.41) is 2.53. The number of carbonyl (C=O) groups excluding carboxylic acids is 1. The fourth-order valence-corrected chi connectivity index (χ4v) is 4.39. The van der Waals surface area contributed by atoms with Crippen molar-refractivity contribution in [1.82, 2.24) is 19.7 Å². The molecule has 33 heavy (non-hydrogen) atoms. The normalized spacial score (nSPS) is 16.8. The lowest BCUT2D eigenvalue weighted by molar-refractivity contribution is -0.141. The van der Waals surface area contributed by atoms with Crippen molar-refractivity contribution in [2.24, 2.45) is 5.92 Å². The third kappa shape index (κ3) is 5.26. The largest absolute Gasteiger partial charge is 0.435 e. The molecule has 1 aliphatic rings. The van der Waals surface area contributed by atoms with Gasteiger partial charge in [0, 0.05) is 24.6 Å². The maximum absolute atomic E-state index is 13.7. The molecule has 3 aromatic rings. The van der Waals surface area contributed by atoms with E-state index in [0.29, 0.717) is 5.69 Å². The van der Waals surface area contributed by atoms with E-state index >= 15 is 0 Å². The van der Waals surface area contributed by atoms with Gasteiger partial charge in [0.1, 0.15) is 10.8 Å². The zero-order chi connectivity index (χ0) is 23.8. The summed E-state index contributed by atoms with van der Waals surface area (Å²) in [6.07, 6.45) is -3.76. The Hall–Kier alpha value is -2.75. The molecule has 11 heteroatoms. The van der Waals surface area contributed by atoms with E-state index in [0.717, 1.165) is 4.40 Å². The molecule has 1 aliphatic carbocycles. The standard InChI is InChI=1S/C22H20ClF5N4O/c23-17-10-14(20(33)30-12-15-3-1-2-8-29-15)11-18-31-19(22(26,27)28)16(32(17)18)9-13-4-6-21(24,25)7-5-13/h1-3,8,10-11,13H,4-7,9,12H2,(H,30,33). The highest BCUT2D eigenvalue weighted by Gasteiger charge is 2.40. The van der Waals surface area contributed by atoms with E-state index in [-0.39, 0.29) is 66.6 Å². The average molecular weight is 487 g/mol. The molecule has 0 aromatic carbocycles. The summed E-state index contributed by atoms with van der Waals surface area (Å²) in [6.45, 7) is 0.127. The van der Waals surface area contributed by atoms with Crippen LogP contribution in [0.3, 0.4) is 0 Å². The molecular weight excluding hydrogens is 467 g/mol. The van der Waals surface area contributed by atoms with Gasteiger partial charge in [0.25, 0.3) is 5.91 Å². The van der Waals surface area contributed by atoms with Crippen LogP contribution in [0.15, 0.2) is 36.5 Å². The Labute approximate surface area is 191 Å². The van der Waals surface area contributed by atoms with Crippen molar-refractivity contribution < 1.29 is 26.7 Å². The zero-order valence-corrected chi connectivity index (χ0v) is 18.1. The molecule has 5 nitrogen and oxygen atoms in total. The Balaban J connectivity index is 1.63. The molecule has 1 amide bonds. The summed E-state index contributed by atoms with van der Waals surface area (Å²) < 4.78 is 69.3. The number of nitrogens with zero attached hydrogens (tertiary/aromatic N) is 3. The monoisotopic (exact) mass is 486 g/mol.